The predicted octanol–water partition coefficient (Wildman–Crippen LogP) is -1.38. The summed E-state index contributed by atoms with van der Waals surface area (Å²) in [5.41, 5.74) is 4.03. The van der Waals surface area contributed by atoms with Gasteiger partial charge >= 0.3 is 6.03 Å². The summed E-state index contributed by atoms with van der Waals surface area (Å²) in [5.74, 6) is 0. The predicted molar refractivity (Wildman–Crippen MR) is 58.8 cm³/mol. The Kier molecular flexibility index (Phi) is 3.28. The minimum atomic E-state index is -1.81. The molecule has 2 aliphatic heterocycles. The summed E-state index contributed by atoms with van der Waals surface area (Å²) in [6.07, 6.45) is -2.49. The van der Waals surface area contributed by atoms with Crippen molar-refractivity contribution in [1.82, 2.24) is 10.2 Å². The molecule has 102 valence electrons. The number of aliphatic hydroxyl groups excluding tert-OH is 2. The van der Waals surface area contributed by atoms with Crippen molar-refractivity contribution >= 4 is 6.03 Å². The largest absolute Gasteiger partial charge is 0.393 e. The Morgan fingerprint density at radius 2 is 2.39 bits per heavy atom. The van der Waals surface area contributed by atoms with Crippen LogP contribution in [0.4, 0.5) is 9.18 Å². The molecule has 2 aliphatic rings. The van der Waals surface area contributed by atoms with E-state index in [-0.39, 0.29) is 0 Å². The Morgan fingerprint density at radius 1 is 1.72 bits per heavy atom. The number of hydrogen-bond donors (Lipinski definition) is 4. The zero-order valence-corrected chi connectivity index (χ0v) is 9.78. The van der Waals surface area contributed by atoms with Crippen molar-refractivity contribution in [2.24, 2.45) is 5.73 Å². The monoisotopic (exact) mass is 261 g/mol. The number of nitrogens with one attached hydrogen (secondary N) is 1. The van der Waals surface area contributed by atoms with Crippen LogP contribution < -0.4 is 11.1 Å². The van der Waals surface area contributed by atoms with Crippen LogP contribution in [0.1, 0.15) is 6.92 Å². The lowest BCUT2D eigenvalue weighted by atomic mass is 9.99. The number of rotatable bonds is 2. The lowest BCUT2D eigenvalue weighted by Crippen LogP contribution is -2.54. The molecule has 5 atom stereocenters. The van der Waals surface area contributed by atoms with E-state index in [0.29, 0.717) is 0 Å². The zero-order chi connectivity index (χ0) is 13.5. The number of nitrogens with two attached hydrogens (primary N) is 1. The van der Waals surface area contributed by atoms with Crippen LogP contribution in [0.15, 0.2) is 12.3 Å². The molecule has 1 saturated heterocycles. The van der Waals surface area contributed by atoms with Crippen molar-refractivity contribution < 1.29 is 24.1 Å². The number of amides is 2. The Hall–Kier alpha value is -1.22. The average Bonchev–Trinajstić information content (AvgIpc) is 2.55. The molecule has 0 bridgehead atoms. The van der Waals surface area contributed by atoms with Crippen molar-refractivity contribution in [3.8, 4) is 0 Å². The zero-order valence-electron chi connectivity index (χ0n) is 9.78. The third-order valence-corrected chi connectivity index (χ3v) is 3.16. The van der Waals surface area contributed by atoms with Crippen molar-refractivity contribution in [3.05, 3.63) is 12.3 Å². The lowest BCUT2D eigenvalue weighted by molar-refractivity contribution is -0.121. The lowest BCUT2D eigenvalue weighted by Gasteiger charge is -2.31. The Labute approximate surface area is 103 Å². The van der Waals surface area contributed by atoms with Gasteiger partial charge in [0.25, 0.3) is 0 Å². The number of carbonyl (C=O) groups excluding carboxylic acids is 1. The van der Waals surface area contributed by atoms with Gasteiger partial charge in [-0.3, -0.25) is 4.90 Å². The molecule has 0 radical (unpaired) electrons. The summed E-state index contributed by atoms with van der Waals surface area (Å²) in [6.45, 7) is 0.825. The van der Waals surface area contributed by atoms with Crippen LogP contribution in [0.5, 0.6) is 0 Å². The van der Waals surface area contributed by atoms with Crippen LogP contribution in [0, 0.1) is 0 Å². The molecule has 8 heteroatoms. The normalized spacial score (nSPS) is 44.3. The maximum atomic E-state index is 13.9. The van der Waals surface area contributed by atoms with E-state index in [9.17, 15) is 14.3 Å². The summed E-state index contributed by atoms with van der Waals surface area (Å²) in [6, 6.07) is -0.618. The first kappa shape index (κ1) is 13.2. The standard InChI is InChI=1S/C10H16FN3O4/c1-10(4-15)7(16)6(11)8(18-10)14-3-2-5(12)13-9(14)17/h2-3,5-8,15-16H,4,12H2,1H3,(H,13,17)/t5?,6-,7+,8-,10-/m1/s1. The molecule has 1 fully saturated rings. The number of hydrogen-bond acceptors (Lipinski definition) is 5. The van der Waals surface area contributed by atoms with Crippen molar-refractivity contribution in [2.75, 3.05) is 6.61 Å². The Morgan fingerprint density at radius 3 is 2.89 bits per heavy atom. The van der Waals surface area contributed by atoms with Gasteiger partial charge in [-0.05, 0) is 13.0 Å². The fourth-order valence-corrected chi connectivity index (χ4v) is 1.96. The topological polar surface area (TPSA) is 108 Å². The second-order valence-electron chi connectivity index (χ2n) is 4.59. The first-order chi connectivity index (χ1) is 8.39. The van der Waals surface area contributed by atoms with Crippen LogP contribution >= 0.6 is 0 Å². The molecule has 0 aromatic heterocycles. The van der Waals surface area contributed by atoms with Crippen molar-refractivity contribution in [1.29, 1.82) is 0 Å². The molecule has 2 heterocycles. The molecule has 0 aromatic rings. The summed E-state index contributed by atoms with van der Waals surface area (Å²) in [7, 11) is 0. The quantitative estimate of drug-likeness (QED) is 0.490. The number of carbonyl (C=O) groups is 1. The van der Waals surface area contributed by atoms with Crippen LogP contribution in [0.2, 0.25) is 0 Å². The van der Waals surface area contributed by atoms with E-state index in [1.54, 1.807) is 0 Å². The molecule has 0 spiro atoms. The van der Waals surface area contributed by atoms with E-state index in [1.165, 1.54) is 19.2 Å². The van der Waals surface area contributed by atoms with E-state index in [4.69, 9.17) is 15.6 Å². The molecule has 18 heavy (non-hydrogen) atoms. The molecule has 5 N–H and O–H groups in total. The van der Waals surface area contributed by atoms with Crippen molar-refractivity contribution in [3.63, 3.8) is 0 Å². The van der Waals surface area contributed by atoms with Gasteiger partial charge in [-0.25, -0.2) is 9.18 Å². The van der Waals surface area contributed by atoms with Crippen LogP contribution in [0.3, 0.4) is 0 Å². The first-order valence-electron chi connectivity index (χ1n) is 5.52. The van der Waals surface area contributed by atoms with Gasteiger partial charge in [0, 0.05) is 6.20 Å². The molecule has 2 amide bonds. The van der Waals surface area contributed by atoms with Gasteiger partial charge in [0.2, 0.25) is 0 Å². The van der Waals surface area contributed by atoms with E-state index < -0.39 is 42.9 Å². The fourth-order valence-electron chi connectivity index (χ4n) is 1.96. The van der Waals surface area contributed by atoms with Gasteiger partial charge in [0.1, 0.15) is 11.7 Å². The second kappa shape index (κ2) is 4.47. The van der Waals surface area contributed by atoms with Gasteiger partial charge in [-0.15, -0.1) is 0 Å². The molecule has 7 nitrogen and oxygen atoms in total. The smallest absolute Gasteiger partial charge is 0.325 e. The highest BCUT2D eigenvalue weighted by atomic mass is 19.1. The number of ether oxygens (including phenoxy) is 1. The number of nitrogens with zero attached hydrogens (tertiary/aromatic N) is 1. The number of alkyl halides is 1. The summed E-state index contributed by atoms with van der Waals surface area (Å²) in [4.78, 5) is 12.6. The second-order valence-corrected chi connectivity index (χ2v) is 4.59. The van der Waals surface area contributed by atoms with Gasteiger partial charge < -0.3 is 26.0 Å². The van der Waals surface area contributed by atoms with Gasteiger partial charge in [-0.1, -0.05) is 0 Å². The van der Waals surface area contributed by atoms with Crippen LogP contribution in [-0.4, -0.2) is 58.0 Å². The summed E-state index contributed by atoms with van der Waals surface area (Å²) < 4.78 is 19.2. The minimum absolute atomic E-state index is 0.552. The molecule has 0 aromatic carbocycles. The van der Waals surface area contributed by atoms with E-state index >= 15 is 0 Å². The van der Waals surface area contributed by atoms with Crippen LogP contribution in [-0.2, 0) is 4.74 Å². The number of urea groups is 1. The summed E-state index contributed by atoms with van der Waals surface area (Å²) in [5, 5.41) is 21.2. The van der Waals surface area contributed by atoms with Gasteiger partial charge in [0.05, 0.1) is 12.8 Å². The average molecular weight is 261 g/mol. The SMILES string of the molecule is C[C@]1(CO)O[C@@H](N2C=CC(N)NC2=O)[C@H](F)[C@@H]1O. The minimum Gasteiger partial charge on any atom is -0.393 e. The highest BCUT2D eigenvalue weighted by Crippen LogP contribution is 2.34. The van der Waals surface area contributed by atoms with Crippen molar-refractivity contribution in [2.45, 2.75) is 37.2 Å². The van der Waals surface area contributed by atoms with Gasteiger partial charge in [0.15, 0.2) is 12.4 Å². The number of aliphatic hydroxyl groups is 2. The third kappa shape index (κ3) is 1.97. The molecule has 0 aliphatic carbocycles. The van der Waals surface area contributed by atoms with E-state index in [1.807, 2.05) is 0 Å². The fraction of sp³-hybridized carbons (Fsp3) is 0.700. The maximum Gasteiger partial charge on any atom is 0.325 e. The molecular formula is C10H16FN3O4. The number of halogens is 1. The van der Waals surface area contributed by atoms with E-state index in [0.717, 1.165) is 4.90 Å². The summed E-state index contributed by atoms with van der Waals surface area (Å²) >= 11 is 0. The highest BCUT2D eigenvalue weighted by Gasteiger charge is 2.54. The first-order valence-corrected chi connectivity index (χ1v) is 5.52. The Bertz CT molecular complexity index is 380. The molecule has 1 unspecified atom stereocenters. The highest BCUT2D eigenvalue weighted by molar-refractivity contribution is 5.77. The Balaban J connectivity index is 2.20. The van der Waals surface area contributed by atoms with Crippen LogP contribution in [0.25, 0.3) is 0 Å². The molecule has 2 rings (SSSR count). The third-order valence-electron chi connectivity index (χ3n) is 3.16. The van der Waals surface area contributed by atoms with Gasteiger partial charge in [-0.2, -0.15) is 0 Å². The molecular weight excluding hydrogens is 245 g/mol. The van der Waals surface area contributed by atoms with E-state index in [2.05, 4.69) is 5.32 Å². The maximum absolute atomic E-state index is 13.9. The molecule has 0 saturated carbocycles.